The topological polar surface area (TPSA) is 67.6 Å². The molecule has 0 saturated heterocycles. The Morgan fingerprint density at radius 2 is 2.19 bits per heavy atom. The number of rotatable bonds is 1. The lowest BCUT2D eigenvalue weighted by molar-refractivity contribution is 1.17. The molecular formula is C11H10N4S. The highest BCUT2D eigenvalue weighted by atomic mass is 32.1. The molecule has 0 aliphatic heterocycles. The van der Waals surface area contributed by atoms with Gasteiger partial charge >= 0.3 is 0 Å². The molecular weight excluding hydrogens is 220 g/mol. The highest BCUT2D eigenvalue weighted by Crippen LogP contribution is 2.26. The number of nitrogens with one attached hydrogen (secondary N) is 1. The quantitative estimate of drug-likeness (QED) is 0.675. The number of H-pyrrole nitrogens is 1. The largest absolute Gasteiger partial charge is 0.383 e. The number of nitrogens with two attached hydrogens (primary N) is 1. The van der Waals surface area contributed by atoms with Crippen LogP contribution in [0.2, 0.25) is 0 Å². The van der Waals surface area contributed by atoms with Gasteiger partial charge in [-0.2, -0.15) is 0 Å². The van der Waals surface area contributed by atoms with E-state index in [1.54, 1.807) is 11.3 Å². The number of aromatic nitrogens is 3. The van der Waals surface area contributed by atoms with Crippen LogP contribution in [0.4, 0.5) is 5.82 Å². The molecule has 1 aromatic carbocycles. The number of thiazole rings is 1. The minimum absolute atomic E-state index is 0.570. The van der Waals surface area contributed by atoms with E-state index in [0.29, 0.717) is 5.82 Å². The number of nitrogens with zero attached hydrogens (tertiary/aromatic N) is 2. The van der Waals surface area contributed by atoms with Crippen molar-refractivity contribution in [3.05, 3.63) is 29.4 Å². The summed E-state index contributed by atoms with van der Waals surface area (Å²) in [6.07, 6.45) is 0. The summed E-state index contributed by atoms with van der Waals surface area (Å²) in [7, 11) is 0. The van der Waals surface area contributed by atoms with Gasteiger partial charge < -0.3 is 10.7 Å². The SMILES string of the molecule is Cc1nc2ccc(-c3nc(N)cs3)cc2[nH]1. The summed E-state index contributed by atoms with van der Waals surface area (Å²) in [4.78, 5) is 11.8. The maximum Gasteiger partial charge on any atom is 0.135 e. The summed E-state index contributed by atoms with van der Waals surface area (Å²) in [5.41, 5.74) is 8.69. The molecule has 3 rings (SSSR count). The van der Waals surface area contributed by atoms with Crippen molar-refractivity contribution in [2.45, 2.75) is 6.92 Å². The number of aromatic amines is 1. The first kappa shape index (κ1) is 9.35. The maximum atomic E-state index is 5.61. The van der Waals surface area contributed by atoms with Gasteiger partial charge in [-0.15, -0.1) is 11.3 Å². The molecule has 16 heavy (non-hydrogen) atoms. The Morgan fingerprint density at radius 3 is 2.94 bits per heavy atom. The normalized spacial score (nSPS) is 11.1. The van der Waals surface area contributed by atoms with E-state index in [0.717, 1.165) is 27.4 Å². The van der Waals surface area contributed by atoms with Crippen molar-refractivity contribution in [3.8, 4) is 10.6 Å². The van der Waals surface area contributed by atoms with Gasteiger partial charge in [0.1, 0.15) is 16.6 Å². The van der Waals surface area contributed by atoms with Crippen LogP contribution in [0.3, 0.4) is 0 Å². The first-order chi connectivity index (χ1) is 7.72. The Balaban J connectivity index is 2.17. The van der Waals surface area contributed by atoms with Crippen LogP contribution < -0.4 is 5.73 Å². The smallest absolute Gasteiger partial charge is 0.135 e. The molecule has 2 aromatic heterocycles. The van der Waals surface area contributed by atoms with Gasteiger partial charge in [0.2, 0.25) is 0 Å². The first-order valence-corrected chi connectivity index (χ1v) is 5.78. The lowest BCUT2D eigenvalue weighted by Crippen LogP contribution is -1.83. The average Bonchev–Trinajstić information content (AvgIpc) is 2.81. The van der Waals surface area contributed by atoms with E-state index in [2.05, 4.69) is 15.0 Å². The summed E-state index contributed by atoms with van der Waals surface area (Å²) in [6.45, 7) is 1.95. The van der Waals surface area contributed by atoms with Crippen molar-refractivity contribution in [2.75, 3.05) is 5.73 Å². The average molecular weight is 230 g/mol. The molecule has 0 spiro atoms. The zero-order valence-electron chi connectivity index (χ0n) is 8.69. The second-order valence-electron chi connectivity index (χ2n) is 3.63. The summed E-state index contributed by atoms with van der Waals surface area (Å²) in [5.74, 6) is 1.49. The molecule has 4 nitrogen and oxygen atoms in total. The third-order valence-corrected chi connectivity index (χ3v) is 3.28. The fourth-order valence-electron chi connectivity index (χ4n) is 1.69. The van der Waals surface area contributed by atoms with Gasteiger partial charge in [0, 0.05) is 10.9 Å². The Labute approximate surface area is 96.2 Å². The fourth-order valence-corrected chi connectivity index (χ4v) is 2.40. The van der Waals surface area contributed by atoms with Gasteiger partial charge in [-0.3, -0.25) is 0 Å². The van der Waals surface area contributed by atoms with Gasteiger partial charge in [0.05, 0.1) is 11.0 Å². The number of hydrogen-bond acceptors (Lipinski definition) is 4. The molecule has 0 aliphatic rings. The summed E-state index contributed by atoms with van der Waals surface area (Å²) in [6, 6.07) is 6.06. The molecule has 5 heteroatoms. The van der Waals surface area contributed by atoms with Crippen LogP contribution in [0.15, 0.2) is 23.6 Å². The van der Waals surface area contributed by atoms with E-state index in [-0.39, 0.29) is 0 Å². The molecule has 3 N–H and O–H groups in total. The Morgan fingerprint density at radius 1 is 1.31 bits per heavy atom. The molecule has 0 fully saturated rings. The predicted octanol–water partition coefficient (Wildman–Crippen LogP) is 2.58. The van der Waals surface area contributed by atoms with E-state index in [9.17, 15) is 0 Å². The molecule has 0 saturated carbocycles. The van der Waals surface area contributed by atoms with E-state index in [1.165, 1.54) is 0 Å². The van der Waals surface area contributed by atoms with Crippen LogP contribution in [0.5, 0.6) is 0 Å². The maximum absolute atomic E-state index is 5.61. The van der Waals surface area contributed by atoms with Crippen LogP contribution in [0, 0.1) is 6.92 Å². The Kier molecular flexibility index (Phi) is 1.94. The van der Waals surface area contributed by atoms with E-state index in [1.807, 2.05) is 30.5 Å². The fraction of sp³-hybridized carbons (Fsp3) is 0.0909. The number of anilines is 1. The van der Waals surface area contributed by atoms with Crippen molar-refractivity contribution in [1.29, 1.82) is 0 Å². The van der Waals surface area contributed by atoms with Crippen molar-refractivity contribution in [3.63, 3.8) is 0 Å². The van der Waals surface area contributed by atoms with Gasteiger partial charge in [-0.25, -0.2) is 9.97 Å². The molecule has 80 valence electrons. The molecule has 0 unspecified atom stereocenters. The number of imidazole rings is 1. The van der Waals surface area contributed by atoms with Gasteiger partial charge in [0.25, 0.3) is 0 Å². The number of hydrogen-bond donors (Lipinski definition) is 2. The monoisotopic (exact) mass is 230 g/mol. The molecule has 0 aliphatic carbocycles. The van der Waals surface area contributed by atoms with Crippen molar-refractivity contribution in [1.82, 2.24) is 15.0 Å². The predicted molar refractivity (Wildman–Crippen MR) is 66.4 cm³/mol. The zero-order valence-corrected chi connectivity index (χ0v) is 9.51. The Hall–Kier alpha value is -1.88. The summed E-state index contributed by atoms with van der Waals surface area (Å²) in [5, 5.41) is 2.78. The highest BCUT2D eigenvalue weighted by Gasteiger charge is 2.05. The molecule has 3 aromatic rings. The van der Waals surface area contributed by atoms with Gasteiger partial charge in [-0.05, 0) is 25.1 Å². The second kappa shape index (κ2) is 3.31. The second-order valence-corrected chi connectivity index (χ2v) is 4.49. The number of benzene rings is 1. The standard InChI is InChI=1S/C11H10N4S/c1-6-13-8-3-2-7(4-9(8)14-6)11-15-10(12)5-16-11/h2-5H,12H2,1H3,(H,13,14). The summed E-state index contributed by atoms with van der Waals surface area (Å²) < 4.78 is 0. The van der Waals surface area contributed by atoms with E-state index in [4.69, 9.17) is 5.73 Å². The summed E-state index contributed by atoms with van der Waals surface area (Å²) >= 11 is 1.55. The number of aryl methyl sites for hydroxylation is 1. The highest BCUT2D eigenvalue weighted by molar-refractivity contribution is 7.13. The van der Waals surface area contributed by atoms with Crippen LogP contribution in [0.25, 0.3) is 21.6 Å². The molecule has 0 amide bonds. The molecule has 0 radical (unpaired) electrons. The van der Waals surface area contributed by atoms with Gasteiger partial charge in [-0.1, -0.05) is 0 Å². The van der Waals surface area contributed by atoms with Crippen molar-refractivity contribution in [2.24, 2.45) is 0 Å². The van der Waals surface area contributed by atoms with Crippen molar-refractivity contribution < 1.29 is 0 Å². The molecule has 2 heterocycles. The molecule has 0 atom stereocenters. The zero-order chi connectivity index (χ0) is 11.1. The van der Waals surface area contributed by atoms with Crippen molar-refractivity contribution >= 4 is 28.2 Å². The lowest BCUT2D eigenvalue weighted by Gasteiger charge is -1.95. The third-order valence-electron chi connectivity index (χ3n) is 2.37. The number of nitrogen functional groups attached to an aromatic ring is 1. The van der Waals surface area contributed by atoms with Crippen LogP contribution in [0.1, 0.15) is 5.82 Å². The first-order valence-electron chi connectivity index (χ1n) is 4.90. The van der Waals surface area contributed by atoms with Crippen LogP contribution >= 0.6 is 11.3 Å². The van der Waals surface area contributed by atoms with Gasteiger partial charge in [0.15, 0.2) is 0 Å². The number of fused-ring (bicyclic) bond motifs is 1. The molecule has 0 bridgehead atoms. The minimum atomic E-state index is 0.570. The lowest BCUT2D eigenvalue weighted by atomic mass is 10.2. The van der Waals surface area contributed by atoms with E-state index >= 15 is 0 Å². The van der Waals surface area contributed by atoms with Crippen LogP contribution in [-0.4, -0.2) is 15.0 Å². The van der Waals surface area contributed by atoms with Crippen LogP contribution in [-0.2, 0) is 0 Å². The Bertz CT molecular complexity index is 653. The minimum Gasteiger partial charge on any atom is -0.383 e. The third kappa shape index (κ3) is 1.45. The van der Waals surface area contributed by atoms with E-state index < -0.39 is 0 Å².